The van der Waals surface area contributed by atoms with Crippen LogP contribution < -0.4 is 5.32 Å². The van der Waals surface area contributed by atoms with E-state index in [0.29, 0.717) is 25.3 Å². The predicted octanol–water partition coefficient (Wildman–Crippen LogP) is 3.32. The van der Waals surface area contributed by atoms with Crippen molar-refractivity contribution >= 4 is 0 Å². The Hall–Kier alpha value is -1.04. The van der Waals surface area contributed by atoms with Crippen LogP contribution in [0.2, 0.25) is 0 Å². The fourth-order valence-corrected chi connectivity index (χ4v) is 2.09. The lowest BCUT2D eigenvalue weighted by Gasteiger charge is -2.28. The summed E-state index contributed by atoms with van der Waals surface area (Å²) in [7, 11) is 0. The van der Waals surface area contributed by atoms with Gasteiger partial charge in [-0.25, -0.2) is 8.78 Å². The smallest absolute Gasteiger partial charge is 0.177 e. The summed E-state index contributed by atoms with van der Waals surface area (Å²) in [6.07, 6.45) is -0.726. The quantitative estimate of drug-likeness (QED) is 0.744. The van der Waals surface area contributed by atoms with E-state index >= 15 is 0 Å². The maximum Gasteiger partial charge on any atom is 0.177 e. The van der Waals surface area contributed by atoms with Crippen LogP contribution in [0, 0.1) is 18.6 Å². The molecule has 1 unspecified atom stereocenters. The topological polar surface area (TPSA) is 30.5 Å². The van der Waals surface area contributed by atoms with Crippen molar-refractivity contribution in [1.29, 1.82) is 0 Å². The summed E-state index contributed by atoms with van der Waals surface area (Å²) >= 11 is 0. The molecule has 1 atom stereocenters. The summed E-state index contributed by atoms with van der Waals surface area (Å²) in [5, 5.41) is 3.05. The van der Waals surface area contributed by atoms with Gasteiger partial charge in [0.25, 0.3) is 0 Å². The fraction of sp³-hybridized carbons (Fsp3) is 0.600. The van der Waals surface area contributed by atoms with E-state index in [0.717, 1.165) is 0 Å². The number of ether oxygens (including phenoxy) is 2. The lowest BCUT2D eigenvalue weighted by Crippen LogP contribution is -2.37. The Morgan fingerprint density at radius 2 is 1.70 bits per heavy atom. The van der Waals surface area contributed by atoms with E-state index < -0.39 is 24.0 Å². The second-order valence-electron chi connectivity index (χ2n) is 4.41. The van der Waals surface area contributed by atoms with Gasteiger partial charge >= 0.3 is 0 Å². The van der Waals surface area contributed by atoms with Gasteiger partial charge in [0.2, 0.25) is 0 Å². The van der Waals surface area contributed by atoms with Crippen molar-refractivity contribution in [3.05, 3.63) is 34.9 Å². The average Bonchev–Trinajstić information content (AvgIpc) is 2.42. The molecular weight excluding hydrogens is 264 g/mol. The molecule has 1 aromatic rings. The highest BCUT2D eigenvalue weighted by atomic mass is 19.1. The van der Waals surface area contributed by atoms with Crippen LogP contribution in [0.5, 0.6) is 0 Å². The second kappa shape index (κ2) is 8.29. The normalized spacial score (nSPS) is 12.9. The third-order valence-electron chi connectivity index (χ3n) is 2.99. The van der Waals surface area contributed by atoms with Crippen molar-refractivity contribution in [2.75, 3.05) is 19.8 Å². The van der Waals surface area contributed by atoms with E-state index in [1.165, 1.54) is 12.1 Å². The molecule has 0 bridgehead atoms. The minimum Gasteiger partial charge on any atom is -0.351 e. The SMILES string of the molecule is CCNC(c1c(F)ccc(C)c1F)C(OCC)OCC. The maximum absolute atomic E-state index is 14.3. The Morgan fingerprint density at radius 1 is 1.10 bits per heavy atom. The largest absolute Gasteiger partial charge is 0.351 e. The molecule has 1 aromatic carbocycles. The van der Waals surface area contributed by atoms with Gasteiger partial charge in [0.15, 0.2) is 6.29 Å². The van der Waals surface area contributed by atoms with Gasteiger partial charge in [0.1, 0.15) is 11.6 Å². The lowest BCUT2D eigenvalue weighted by molar-refractivity contribution is -0.156. The van der Waals surface area contributed by atoms with Crippen LogP contribution in [0.1, 0.15) is 37.9 Å². The molecule has 0 aliphatic heterocycles. The van der Waals surface area contributed by atoms with Gasteiger partial charge in [-0.1, -0.05) is 13.0 Å². The zero-order chi connectivity index (χ0) is 15.1. The highest BCUT2D eigenvalue weighted by molar-refractivity contribution is 5.29. The molecule has 0 saturated carbocycles. The van der Waals surface area contributed by atoms with Crippen molar-refractivity contribution in [3.8, 4) is 0 Å². The van der Waals surface area contributed by atoms with Crippen molar-refractivity contribution in [3.63, 3.8) is 0 Å². The molecule has 1 rings (SSSR count). The summed E-state index contributed by atoms with van der Waals surface area (Å²) in [5.74, 6) is -1.15. The molecule has 0 aliphatic rings. The molecule has 5 heteroatoms. The Balaban J connectivity index is 3.21. The fourth-order valence-electron chi connectivity index (χ4n) is 2.09. The van der Waals surface area contributed by atoms with E-state index in [1.807, 2.05) is 20.8 Å². The summed E-state index contributed by atoms with van der Waals surface area (Å²) < 4.78 is 39.3. The van der Waals surface area contributed by atoms with E-state index in [-0.39, 0.29) is 5.56 Å². The number of likely N-dealkylation sites (N-methyl/N-ethyl adjacent to an activating group) is 1. The van der Waals surface area contributed by atoms with E-state index in [1.54, 1.807) is 6.92 Å². The zero-order valence-corrected chi connectivity index (χ0v) is 12.5. The highest BCUT2D eigenvalue weighted by Gasteiger charge is 2.29. The first-order valence-corrected chi connectivity index (χ1v) is 6.97. The first kappa shape index (κ1) is 17.0. The maximum atomic E-state index is 14.3. The molecule has 114 valence electrons. The third-order valence-corrected chi connectivity index (χ3v) is 2.99. The molecule has 0 spiro atoms. The van der Waals surface area contributed by atoms with Crippen molar-refractivity contribution in [1.82, 2.24) is 5.32 Å². The standard InChI is InChI=1S/C15H23F2NO2/c1-5-18-14(15(19-6-2)20-7-3)12-11(16)9-8-10(4)13(12)17/h8-9,14-15,18H,5-7H2,1-4H3. The molecule has 0 fully saturated rings. The molecule has 0 saturated heterocycles. The summed E-state index contributed by atoms with van der Waals surface area (Å²) in [6.45, 7) is 8.47. The van der Waals surface area contributed by atoms with Gasteiger partial charge in [-0.05, 0) is 38.9 Å². The first-order valence-electron chi connectivity index (χ1n) is 6.97. The van der Waals surface area contributed by atoms with Crippen LogP contribution in [0.25, 0.3) is 0 Å². The number of aryl methyl sites for hydroxylation is 1. The van der Waals surface area contributed by atoms with Crippen molar-refractivity contribution in [2.24, 2.45) is 0 Å². The number of rotatable bonds is 8. The van der Waals surface area contributed by atoms with Gasteiger partial charge < -0.3 is 14.8 Å². The Labute approximate surface area is 119 Å². The molecule has 3 nitrogen and oxygen atoms in total. The van der Waals surface area contributed by atoms with E-state index in [2.05, 4.69) is 5.32 Å². The summed E-state index contributed by atoms with van der Waals surface area (Å²) in [4.78, 5) is 0. The molecule has 0 heterocycles. The van der Waals surface area contributed by atoms with Gasteiger partial charge in [-0.15, -0.1) is 0 Å². The van der Waals surface area contributed by atoms with Crippen LogP contribution >= 0.6 is 0 Å². The number of nitrogens with one attached hydrogen (secondary N) is 1. The van der Waals surface area contributed by atoms with Crippen molar-refractivity contribution in [2.45, 2.75) is 40.0 Å². The molecule has 0 amide bonds. The number of halogens is 2. The van der Waals surface area contributed by atoms with Gasteiger partial charge in [-0.3, -0.25) is 0 Å². The zero-order valence-electron chi connectivity index (χ0n) is 12.5. The van der Waals surface area contributed by atoms with Crippen molar-refractivity contribution < 1.29 is 18.3 Å². The van der Waals surface area contributed by atoms with E-state index in [4.69, 9.17) is 9.47 Å². The van der Waals surface area contributed by atoms with Crippen LogP contribution in [-0.2, 0) is 9.47 Å². The van der Waals surface area contributed by atoms with Crippen LogP contribution in [0.3, 0.4) is 0 Å². The van der Waals surface area contributed by atoms with Gasteiger partial charge in [0.05, 0.1) is 6.04 Å². The third kappa shape index (κ3) is 3.98. The monoisotopic (exact) mass is 287 g/mol. The Morgan fingerprint density at radius 3 is 2.20 bits per heavy atom. The van der Waals surface area contributed by atoms with E-state index in [9.17, 15) is 8.78 Å². The first-order chi connectivity index (χ1) is 9.56. The lowest BCUT2D eigenvalue weighted by atomic mass is 10.0. The summed E-state index contributed by atoms with van der Waals surface area (Å²) in [5.41, 5.74) is 0.370. The minimum absolute atomic E-state index is 0.0289. The van der Waals surface area contributed by atoms with Crippen LogP contribution in [0.15, 0.2) is 12.1 Å². The molecular formula is C15H23F2NO2. The Bertz CT molecular complexity index is 421. The molecule has 0 radical (unpaired) electrons. The number of hydrogen-bond donors (Lipinski definition) is 1. The van der Waals surface area contributed by atoms with Gasteiger partial charge in [0, 0.05) is 18.8 Å². The molecule has 20 heavy (non-hydrogen) atoms. The molecule has 0 aromatic heterocycles. The van der Waals surface area contributed by atoms with Gasteiger partial charge in [-0.2, -0.15) is 0 Å². The van der Waals surface area contributed by atoms with Crippen LogP contribution in [0.4, 0.5) is 8.78 Å². The van der Waals surface area contributed by atoms with Crippen LogP contribution in [-0.4, -0.2) is 26.0 Å². The average molecular weight is 287 g/mol. The predicted molar refractivity (Wildman–Crippen MR) is 74.6 cm³/mol. The number of benzene rings is 1. The second-order valence-corrected chi connectivity index (χ2v) is 4.41. The Kier molecular flexibility index (Phi) is 7.05. The number of hydrogen-bond acceptors (Lipinski definition) is 3. The highest BCUT2D eigenvalue weighted by Crippen LogP contribution is 2.27. The summed E-state index contributed by atoms with van der Waals surface area (Å²) in [6, 6.07) is 2.01. The molecule has 1 N–H and O–H groups in total. The molecule has 0 aliphatic carbocycles. The minimum atomic E-state index is -0.726.